The Hall–Kier alpha value is -3.02. The van der Waals surface area contributed by atoms with E-state index in [-0.39, 0.29) is 24.3 Å². The highest BCUT2D eigenvalue weighted by atomic mass is 16.5. The van der Waals surface area contributed by atoms with E-state index in [1.807, 2.05) is 11.0 Å². The van der Waals surface area contributed by atoms with Crippen LogP contribution in [0.1, 0.15) is 43.2 Å². The molecule has 4 rings (SSSR count). The number of rotatable bonds is 5. The van der Waals surface area contributed by atoms with Crippen molar-refractivity contribution in [3.63, 3.8) is 0 Å². The van der Waals surface area contributed by atoms with Gasteiger partial charge in [-0.05, 0) is 24.6 Å². The lowest BCUT2D eigenvalue weighted by Crippen LogP contribution is -2.50. The number of hydrogen-bond donors (Lipinski definition) is 1. The van der Waals surface area contributed by atoms with Crippen LogP contribution in [0.4, 0.5) is 5.69 Å². The maximum atomic E-state index is 12.4. The highest BCUT2D eigenvalue weighted by molar-refractivity contribution is 5.83. The number of primary amides is 1. The third-order valence-electron chi connectivity index (χ3n) is 6.44. The molecule has 0 radical (unpaired) electrons. The normalized spacial score (nSPS) is 17.6. The monoisotopic (exact) mass is 421 g/mol. The van der Waals surface area contributed by atoms with Crippen LogP contribution in [0.2, 0.25) is 0 Å². The first-order valence-electron chi connectivity index (χ1n) is 11.1. The molecular weight excluding hydrogens is 390 g/mol. The lowest BCUT2D eigenvalue weighted by atomic mass is 9.87. The van der Waals surface area contributed by atoms with Gasteiger partial charge >= 0.3 is 0 Å². The third-order valence-corrected chi connectivity index (χ3v) is 6.44. The van der Waals surface area contributed by atoms with Crippen molar-refractivity contribution in [1.82, 2.24) is 4.90 Å². The molecule has 2 aliphatic heterocycles. The van der Waals surface area contributed by atoms with Gasteiger partial charge in [-0.1, -0.05) is 42.0 Å². The number of benzene rings is 2. The van der Waals surface area contributed by atoms with Gasteiger partial charge in [-0.15, -0.1) is 0 Å². The van der Waals surface area contributed by atoms with Crippen LogP contribution in [0.25, 0.3) is 0 Å². The molecule has 2 amide bonds. The minimum atomic E-state index is -0.431. The first-order chi connectivity index (χ1) is 14.9. The summed E-state index contributed by atoms with van der Waals surface area (Å²) in [6.45, 7) is 5.17. The fourth-order valence-electron chi connectivity index (χ4n) is 4.65. The second-order valence-electron chi connectivity index (χ2n) is 8.76. The summed E-state index contributed by atoms with van der Waals surface area (Å²) in [7, 11) is 0. The molecule has 6 nitrogen and oxygen atoms in total. The zero-order valence-electron chi connectivity index (χ0n) is 18.2. The number of para-hydroxylation sites is 2. The number of ether oxygens (including phenoxy) is 1. The van der Waals surface area contributed by atoms with Gasteiger partial charge in [-0.3, -0.25) is 9.59 Å². The molecule has 0 unspecified atom stereocenters. The Morgan fingerprint density at radius 1 is 1.00 bits per heavy atom. The van der Waals surface area contributed by atoms with Gasteiger partial charge in [0.15, 0.2) is 0 Å². The number of amides is 2. The topological polar surface area (TPSA) is 75.9 Å². The Balaban J connectivity index is 1.47. The third kappa shape index (κ3) is 5.01. The van der Waals surface area contributed by atoms with Crippen LogP contribution >= 0.6 is 0 Å². The highest BCUT2D eigenvalue weighted by Crippen LogP contribution is 2.41. The summed E-state index contributed by atoms with van der Waals surface area (Å²) < 4.78 is 6.65. The maximum absolute atomic E-state index is 12.4. The van der Waals surface area contributed by atoms with Crippen LogP contribution in [0.5, 0.6) is 5.75 Å². The Labute approximate surface area is 184 Å². The molecule has 2 N–H and O–H groups in total. The summed E-state index contributed by atoms with van der Waals surface area (Å²) in [6, 6.07) is 16.9. The number of nitrogens with two attached hydrogens (primary N) is 1. The molecule has 1 spiro atoms. The lowest BCUT2D eigenvalue weighted by molar-refractivity contribution is -0.136. The first kappa shape index (κ1) is 21.2. The van der Waals surface area contributed by atoms with Crippen LogP contribution in [-0.2, 0) is 16.1 Å². The molecule has 31 heavy (non-hydrogen) atoms. The molecule has 0 atom stereocenters. The Bertz CT molecular complexity index is 951. The van der Waals surface area contributed by atoms with E-state index in [0.29, 0.717) is 13.1 Å². The number of likely N-dealkylation sites (tertiary alicyclic amines) is 1. The van der Waals surface area contributed by atoms with Crippen molar-refractivity contribution in [1.29, 1.82) is 0 Å². The van der Waals surface area contributed by atoms with E-state index < -0.39 is 5.91 Å². The number of nitrogens with zero attached hydrogens (tertiary/aromatic N) is 2. The molecule has 2 aromatic rings. The van der Waals surface area contributed by atoms with Crippen LogP contribution < -0.4 is 15.4 Å². The van der Waals surface area contributed by atoms with Crippen molar-refractivity contribution >= 4 is 17.5 Å². The quantitative estimate of drug-likeness (QED) is 0.803. The Morgan fingerprint density at radius 2 is 1.74 bits per heavy atom. The van der Waals surface area contributed by atoms with Gasteiger partial charge in [0.2, 0.25) is 11.8 Å². The maximum Gasteiger partial charge on any atom is 0.223 e. The predicted molar refractivity (Wildman–Crippen MR) is 121 cm³/mol. The van der Waals surface area contributed by atoms with Gasteiger partial charge in [-0.25, -0.2) is 0 Å². The molecule has 0 saturated carbocycles. The minimum Gasteiger partial charge on any atom is -0.485 e. The van der Waals surface area contributed by atoms with Crippen LogP contribution in [0, 0.1) is 6.92 Å². The number of carbonyl (C=O) groups is 2. The SMILES string of the molecule is Cc1cccc(CN2CCC3(CCN(C(=O)CCC(N)=O)CC3)Oc3ccccc32)c1. The molecule has 2 heterocycles. The zero-order valence-corrected chi connectivity index (χ0v) is 18.2. The van der Waals surface area contributed by atoms with E-state index in [1.54, 1.807) is 0 Å². The fraction of sp³-hybridized carbons (Fsp3) is 0.440. The van der Waals surface area contributed by atoms with Gasteiger partial charge in [0.25, 0.3) is 0 Å². The van der Waals surface area contributed by atoms with Gasteiger partial charge in [0.1, 0.15) is 11.4 Å². The lowest BCUT2D eigenvalue weighted by Gasteiger charge is -2.41. The number of piperidine rings is 1. The summed E-state index contributed by atoms with van der Waals surface area (Å²) in [4.78, 5) is 27.6. The standard InChI is InChI=1S/C25H31N3O3/c1-19-5-4-6-20(17-19)18-28-16-13-25(31-22-8-3-2-7-21(22)28)11-14-27(15-12-25)24(30)10-9-23(26)29/h2-8,17H,9-16,18H2,1H3,(H2,26,29). The zero-order chi connectivity index (χ0) is 21.8. The minimum absolute atomic E-state index is 0.00347. The van der Waals surface area contributed by atoms with E-state index in [0.717, 1.165) is 43.8 Å². The van der Waals surface area contributed by atoms with Crippen LogP contribution in [-0.4, -0.2) is 41.9 Å². The van der Waals surface area contributed by atoms with Crippen molar-refractivity contribution in [2.75, 3.05) is 24.5 Å². The van der Waals surface area contributed by atoms with E-state index in [4.69, 9.17) is 10.5 Å². The molecule has 1 fully saturated rings. The average Bonchev–Trinajstić information content (AvgIpc) is 2.90. The molecule has 0 aliphatic carbocycles. The van der Waals surface area contributed by atoms with Crippen molar-refractivity contribution < 1.29 is 14.3 Å². The van der Waals surface area contributed by atoms with Gasteiger partial charge in [0.05, 0.1) is 5.69 Å². The molecule has 1 saturated heterocycles. The Morgan fingerprint density at radius 3 is 2.48 bits per heavy atom. The van der Waals surface area contributed by atoms with Gasteiger partial charge in [0, 0.05) is 58.3 Å². The van der Waals surface area contributed by atoms with Crippen molar-refractivity contribution in [3.05, 3.63) is 59.7 Å². The molecule has 2 aromatic carbocycles. The van der Waals surface area contributed by atoms with Crippen molar-refractivity contribution in [2.45, 2.75) is 51.2 Å². The van der Waals surface area contributed by atoms with E-state index in [2.05, 4.69) is 54.3 Å². The molecule has 6 heteroatoms. The van der Waals surface area contributed by atoms with E-state index in [9.17, 15) is 9.59 Å². The smallest absolute Gasteiger partial charge is 0.223 e. The molecule has 0 aromatic heterocycles. The highest BCUT2D eigenvalue weighted by Gasteiger charge is 2.40. The predicted octanol–water partition coefficient (Wildman–Crippen LogP) is 3.41. The van der Waals surface area contributed by atoms with Crippen molar-refractivity contribution in [3.8, 4) is 5.75 Å². The first-order valence-corrected chi connectivity index (χ1v) is 11.1. The summed E-state index contributed by atoms with van der Waals surface area (Å²) >= 11 is 0. The van der Waals surface area contributed by atoms with E-state index >= 15 is 0 Å². The summed E-state index contributed by atoms with van der Waals surface area (Å²) in [6.07, 6.45) is 2.80. The molecule has 0 bridgehead atoms. The second kappa shape index (κ2) is 9.00. The molecule has 2 aliphatic rings. The van der Waals surface area contributed by atoms with Gasteiger partial charge in [-0.2, -0.15) is 0 Å². The summed E-state index contributed by atoms with van der Waals surface area (Å²) in [5.41, 5.74) is 8.60. The number of anilines is 1. The van der Waals surface area contributed by atoms with Crippen molar-refractivity contribution in [2.24, 2.45) is 5.73 Å². The largest absolute Gasteiger partial charge is 0.485 e. The molecular formula is C25H31N3O3. The Kier molecular flexibility index (Phi) is 6.16. The number of hydrogen-bond acceptors (Lipinski definition) is 4. The number of aryl methyl sites for hydroxylation is 1. The van der Waals surface area contributed by atoms with Crippen LogP contribution in [0.15, 0.2) is 48.5 Å². The number of carbonyl (C=O) groups excluding carboxylic acids is 2. The number of fused-ring (bicyclic) bond motifs is 1. The summed E-state index contributed by atoms with van der Waals surface area (Å²) in [5.74, 6) is 0.490. The van der Waals surface area contributed by atoms with E-state index in [1.165, 1.54) is 11.1 Å². The fourth-order valence-corrected chi connectivity index (χ4v) is 4.65. The average molecular weight is 422 g/mol. The second-order valence-corrected chi connectivity index (χ2v) is 8.76. The van der Waals surface area contributed by atoms with Gasteiger partial charge < -0.3 is 20.3 Å². The molecule has 164 valence electrons. The van der Waals surface area contributed by atoms with Crippen LogP contribution in [0.3, 0.4) is 0 Å². The summed E-state index contributed by atoms with van der Waals surface area (Å²) in [5, 5.41) is 0.